The molecule has 0 N–H and O–H groups in total. The number of imidazole rings is 1. The molecule has 1 aliphatic rings. The lowest BCUT2D eigenvalue weighted by atomic mass is 10.2. The number of nitrogens with zero attached hydrogens (tertiary/aromatic N) is 4. The number of rotatable bonds is 5. The van der Waals surface area contributed by atoms with Gasteiger partial charge in [0, 0.05) is 27.2 Å². The molecule has 3 rings (SSSR count). The largest absolute Gasteiger partial charge is 0.353 e. The molecule has 3 heterocycles. The Morgan fingerprint density at radius 3 is 2.75 bits per heavy atom. The Labute approximate surface area is 139 Å². The van der Waals surface area contributed by atoms with E-state index < -0.39 is 0 Å². The molecule has 8 heteroatoms. The van der Waals surface area contributed by atoms with Gasteiger partial charge in [-0.05, 0) is 32.6 Å². The molecule has 1 aliphatic heterocycles. The average Bonchev–Trinajstić information content (AvgIpc) is 2.88. The van der Waals surface area contributed by atoms with Gasteiger partial charge in [0.25, 0.3) is 5.56 Å². The summed E-state index contributed by atoms with van der Waals surface area (Å²) in [6, 6.07) is 0. The van der Waals surface area contributed by atoms with Crippen LogP contribution in [0.25, 0.3) is 11.2 Å². The van der Waals surface area contributed by atoms with Crippen LogP contribution in [0.5, 0.6) is 0 Å². The van der Waals surface area contributed by atoms with Crippen molar-refractivity contribution in [1.29, 1.82) is 0 Å². The molecule has 1 saturated heterocycles. The molecular formula is C16H24N4O4. The minimum Gasteiger partial charge on any atom is -0.353 e. The molecular weight excluding hydrogens is 312 g/mol. The third kappa shape index (κ3) is 3.03. The molecule has 0 saturated carbocycles. The first-order valence-corrected chi connectivity index (χ1v) is 8.36. The molecule has 0 amide bonds. The normalized spacial score (nSPS) is 18.4. The Kier molecular flexibility index (Phi) is 4.86. The molecule has 0 aliphatic carbocycles. The second-order valence-electron chi connectivity index (χ2n) is 6.21. The van der Waals surface area contributed by atoms with Gasteiger partial charge in [-0.1, -0.05) is 0 Å². The van der Waals surface area contributed by atoms with Crippen LogP contribution in [0, 0.1) is 6.92 Å². The van der Waals surface area contributed by atoms with E-state index >= 15 is 0 Å². The average molecular weight is 336 g/mol. The fourth-order valence-electron chi connectivity index (χ4n) is 3.03. The molecule has 1 atom stereocenters. The van der Waals surface area contributed by atoms with Crippen molar-refractivity contribution in [1.82, 2.24) is 18.7 Å². The van der Waals surface area contributed by atoms with E-state index in [-0.39, 0.29) is 17.5 Å². The topological polar surface area (TPSA) is 80.3 Å². The van der Waals surface area contributed by atoms with Crippen LogP contribution in [-0.2, 0) is 30.1 Å². The third-order valence-electron chi connectivity index (χ3n) is 4.55. The zero-order valence-corrected chi connectivity index (χ0v) is 14.4. The van der Waals surface area contributed by atoms with E-state index in [9.17, 15) is 9.59 Å². The zero-order valence-electron chi connectivity index (χ0n) is 14.4. The summed E-state index contributed by atoms with van der Waals surface area (Å²) in [6.45, 7) is 3.33. The molecule has 1 unspecified atom stereocenters. The van der Waals surface area contributed by atoms with E-state index in [4.69, 9.17) is 9.47 Å². The van der Waals surface area contributed by atoms with Crippen LogP contribution in [0.1, 0.15) is 31.5 Å². The summed E-state index contributed by atoms with van der Waals surface area (Å²) in [5.74, 6) is 0.702. The minimum absolute atomic E-state index is 0.152. The molecule has 24 heavy (non-hydrogen) atoms. The Balaban J connectivity index is 1.76. The summed E-state index contributed by atoms with van der Waals surface area (Å²) >= 11 is 0. The van der Waals surface area contributed by atoms with E-state index in [1.54, 1.807) is 18.7 Å². The van der Waals surface area contributed by atoms with Crippen LogP contribution in [-0.4, -0.2) is 38.2 Å². The van der Waals surface area contributed by atoms with Crippen LogP contribution >= 0.6 is 0 Å². The van der Waals surface area contributed by atoms with E-state index in [2.05, 4.69) is 4.98 Å². The maximum atomic E-state index is 12.7. The fraction of sp³-hybridized carbons (Fsp3) is 0.688. The second-order valence-corrected chi connectivity index (χ2v) is 6.21. The summed E-state index contributed by atoms with van der Waals surface area (Å²) in [6.07, 6.45) is 3.52. The molecule has 2 aromatic rings. The molecule has 0 bridgehead atoms. The van der Waals surface area contributed by atoms with Crippen molar-refractivity contribution in [3.63, 3.8) is 0 Å². The highest BCUT2D eigenvalue weighted by atomic mass is 16.7. The van der Waals surface area contributed by atoms with Crippen LogP contribution < -0.4 is 11.2 Å². The molecule has 0 aromatic carbocycles. The van der Waals surface area contributed by atoms with Gasteiger partial charge in [-0.15, -0.1) is 0 Å². The molecule has 8 nitrogen and oxygen atoms in total. The van der Waals surface area contributed by atoms with Gasteiger partial charge in [-0.25, -0.2) is 9.78 Å². The lowest BCUT2D eigenvalue weighted by molar-refractivity contribution is -0.163. The van der Waals surface area contributed by atoms with Crippen LogP contribution in [0.4, 0.5) is 0 Å². The van der Waals surface area contributed by atoms with Crippen molar-refractivity contribution < 1.29 is 9.47 Å². The van der Waals surface area contributed by atoms with Gasteiger partial charge in [-0.3, -0.25) is 13.9 Å². The highest BCUT2D eigenvalue weighted by molar-refractivity contribution is 5.70. The second kappa shape index (κ2) is 6.90. The highest BCUT2D eigenvalue weighted by Gasteiger charge is 2.17. The smallest absolute Gasteiger partial charge is 0.332 e. The van der Waals surface area contributed by atoms with Crippen molar-refractivity contribution in [2.24, 2.45) is 14.1 Å². The number of fused-ring (bicyclic) bond motifs is 1. The zero-order chi connectivity index (χ0) is 17.3. The number of hydrogen-bond acceptors (Lipinski definition) is 5. The lowest BCUT2D eigenvalue weighted by Crippen LogP contribution is -2.40. The van der Waals surface area contributed by atoms with Crippen molar-refractivity contribution in [3.05, 3.63) is 26.7 Å². The first-order valence-electron chi connectivity index (χ1n) is 8.36. The molecule has 132 valence electrons. The maximum absolute atomic E-state index is 12.7. The van der Waals surface area contributed by atoms with Gasteiger partial charge >= 0.3 is 5.69 Å². The van der Waals surface area contributed by atoms with Crippen molar-refractivity contribution in [3.8, 4) is 0 Å². The van der Waals surface area contributed by atoms with Gasteiger partial charge in [-0.2, -0.15) is 0 Å². The van der Waals surface area contributed by atoms with Crippen molar-refractivity contribution in [2.75, 3.05) is 13.2 Å². The summed E-state index contributed by atoms with van der Waals surface area (Å²) in [5, 5.41) is 0. The van der Waals surface area contributed by atoms with Gasteiger partial charge < -0.3 is 14.0 Å². The summed E-state index contributed by atoms with van der Waals surface area (Å²) in [5.41, 5.74) is 0.226. The van der Waals surface area contributed by atoms with Crippen LogP contribution in [0.3, 0.4) is 0 Å². The van der Waals surface area contributed by atoms with E-state index in [0.29, 0.717) is 36.6 Å². The molecule has 0 spiro atoms. The van der Waals surface area contributed by atoms with E-state index in [1.807, 2.05) is 6.92 Å². The van der Waals surface area contributed by atoms with Gasteiger partial charge in [0.15, 0.2) is 17.5 Å². The predicted molar refractivity (Wildman–Crippen MR) is 89.1 cm³/mol. The molecule has 0 radical (unpaired) electrons. The number of ether oxygens (including phenoxy) is 2. The maximum Gasteiger partial charge on any atom is 0.332 e. The summed E-state index contributed by atoms with van der Waals surface area (Å²) < 4.78 is 15.6. The molecule has 1 fully saturated rings. The standard InChI is InChI=1S/C16H24N4O4/c1-11-17-14-13(18(11)2)15(21)20(16(22)19(14)3)8-6-10-24-12-7-4-5-9-23-12/h12H,4-10H2,1-3H3. The minimum atomic E-state index is -0.348. The first-order chi connectivity index (χ1) is 11.5. The Bertz CT molecular complexity index is 842. The summed E-state index contributed by atoms with van der Waals surface area (Å²) in [4.78, 5) is 29.4. The predicted octanol–water partition coefficient (Wildman–Crippen LogP) is 0.675. The van der Waals surface area contributed by atoms with Crippen LogP contribution in [0.15, 0.2) is 9.59 Å². The van der Waals surface area contributed by atoms with E-state index in [0.717, 1.165) is 25.9 Å². The van der Waals surface area contributed by atoms with Gasteiger partial charge in [0.05, 0.1) is 6.61 Å². The Morgan fingerprint density at radius 2 is 2.04 bits per heavy atom. The number of aryl methyl sites for hydroxylation is 3. The SMILES string of the molecule is Cc1nc2c(c(=O)n(CCCOC3CCCCO3)c(=O)n2C)n1C. The fourth-order valence-corrected chi connectivity index (χ4v) is 3.03. The monoisotopic (exact) mass is 336 g/mol. The Morgan fingerprint density at radius 1 is 1.25 bits per heavy atom. The Hall–Kier alpha value is -1.93. The quantitative estimate of drug-likeness (QED) is 0.750. The third-order valence-corrected chi connectivity index (χ3v) is 4.55. The van der Waals surface area contributed by atoms with Crippen molar-refractivity contribution >= 4 is 11.2 Å². The van der Waals surface area contributed by atoms with Crippen molar-refractivity contribution in [2.45, 2.75) is 45.4 Å². The lowest BCUT2D eigenvalue weighted by Gasteiger charge is -2.22. The highest BCUT2D eigenvalue weighted by Crippen LogP contribution is 2.13. The van der Waals surface area contributed by atoms with Crippen LogP contribution in [0.2, 0.25) is 0 Å². The van der Waals surface area contributed by atoms with E-state index in [1.165, 1.54) is 9.13 Å². The summed E-state index contributed by atoms with van der Waals surface area (Å²) in [7, 11) is 3.42. The first kappa shape index (κ1) is 16.9. The van der Waals surface area contributed by atoms with Gasteiger partial charge in [0.2, 0.25) is 0 Å². The number of hydrogen-bond donors (Lipinski definition) is 0. The molecule has 2 aromatic heterocycles. The number of aromatic nitrogens is 4. The van der Waals surface area contributed by atoms with Gasteiger partial charge in [0.1, 0.15) is 5.82 Å².